The number of ether oxygens (including phenoxy) is 2. The number of methoxy groups -OCH3 is 2. The smallest absolute Gasteiger partial charge is 0.257 e. The molecule has 0 saturated carbocycles. The van der Waals surface area contributed by atoms with Crippen molar-refractivity contribution in [2.75, 3.05) is 19.5 Å². The van der Waals surface area contributed by atoms with Gasteiger partial charge in [0, 0.05) is 23.1 Å². The van der Waals surface area contributed by atoms with Crippen LogP contribution in [0, 0.1) is 13.8 Å². The van der Waals surface area contributed by atoms with Crippen LogP contribution in [0.3, 0.4) is 0 Å². The van der Waals surface area contributed by atoms with Crippen molar-refractivity contribution in [2.45, 2.75) is 13.8 Å². The van der Waals surface area contributed by atoms with E-state index in [0.717, 1.165) is 17.1 Å². The number of anilines is 1. The fourth-order valence-corrected chi connectivity index (χ4v) is 3.21. The number of amides is 1. The molecule has 5 nitrogen and oxygen atoms in total. The number of benzene rings is 2. The van der Waals surface area contributed by atoms with Crippen molar-refractivity contribution in [2.24, 2.45) is 0 Å². The molecule has 0 fully saturated rings. The summed E-state index contributed by atoms with van der Waals surface area (Å²) in [6.07, 6.45) is 0. The first-order valence-corrected chi connectivity index (χ1v) is 8.80. The Morgan fingerprint density at radius 2 is 1.67 bits per heavy atom. The summed E-state index contributed by atoms with van der Waals surface area (Å²) in [4.78, 5) is 12.9. The molecule has 1 heterocycles. The quantitative estimate of drug-likeness (QED) is 0.672. The van der Waals surface area contributed by atoms with Gasteiger partial charge in [0.05, 0.1) is 30.5 Å². The molecular formula is C21H21ClN2O3. The third-order valence-corrected chi connectivity index (χ3v) is 4.71. The van der Waals surface area contributed by atoms with Gasteiger partial charge >= 0.3 is 0 Å². The Hall–Kier alpha value is -2.92. The van der Waals surface area contributed by atoms with Gasteiger partial charge < -0.3 is 19.4 Å². The Morgan fingerprint density at radius 1 is 0.963 bits per heavy atom. The van der Waals surface area contributed by atoms with Crippen molar-refractivity contribution in [3.05, 3.63) is 70.5 Å². The van der Waals surface area contributed by atoms with Crippen molar-refractivity contribution in [3.8, 4) is 17.2 Å². The molecule has 1 aromatic heterocycles. The van der Waals surface area contributed by atoms with Crippen LogP contribution < -0.4 is 14.8 Å². The first-order valence-electron chi connectivity index (χ1n) is 8.43. The number of carbonyl (C=O) groups is 1. The molecule has 6 heteroatoms. The molecule has 0 aliphatic carbocycles. The zero-order chi connectivity index (χ0) is 19.6. The molecule has 1 amide bonds. The second-order valence-electron chi connectivity index (χ2n) is 6.14. The third kappa shape index (κ3) is 3.78. The Labute approximate surface area is 163 Å². The van der Waals surface area contributed by atoms with Gasteiger partial charge in [0.2, 0.25) is 0 Å². The normalized spacial score (nSPS) is 10.6. The van der Waals surface area contributed by atoms with Crippen LogP contribution >= 0.6 is 11.6 Å². The van der Waals surface area contributed by atoms with Crippen molar-refractivity contribution in [1.82, 2.24) is 4.57 Å². The first kappa shape index (κ1) is 18.9. The molecule has 0 spiro atoms. The van der Waals surface area contributed by atoms with Crippen LogP contribution in [0.1, 0.15) is 21.7 Å². The van der Waals surface area contributed by atoms with Crippen LogP contribution in [0.25, 0.3) is 5.69 Å². The van der Waals surface area contributed by atoms with Gasteiger partial charge in [0.15, 0.2) is 0 Å². The second kappa shape index (κ2) is 7.76. The molecule has 0 aliphatic rings. The predicted octanol–water partition coefficient (Wildman–Crippen LogP) is 5.02. The number of halogens is 1. The van der Waals surface area contributed by atoms with E-state index in [0.29, 0.717) is 27.8 Å². The summed E-state index contributed by atoms with van der Waals surface area (Å²) in [6, 6.07) is 14.7. The average molecular weight is 385 g/mol. The molecule has 0 radical (unpaired) electrons. The second-order valence-corrected chi connectivity index (χ2v) is 6.54. The van der Waals surface area contributed by atoms with Gasteiger partial charge in [0.1, 0.15) is 11.5 Å². The number of rotatable bonds is 5. The highest BCUT2D eigenvalue weighted by Crippen LogP contribution is 2.30. The maximum absolute atomic E-state index is 12.9. The summed E-state index contributed by atoms with van der Waals surface area (Å²) < 4.78 is 12.6. The lowest BCUT2D eigenvalue weighted by Gasteiger charge is -2.14. The van der Waals surface area contributed by atoms with Gasteiger partial charge in [-0.05, 0) is 56.3 Å². The molecule has 3 rings (SSSR count). The largest absolute Gasteiger partial charge is 0.497 e. The molecule has 140 valence electrons. The van der Waals surface area contributed by atoms with Crippen LogP contribution in [-0.2, 0) is 0 Å². The standard InChI is InChI=1S/C21H21ClN2O3/c1-13-5-6-14(2)24(13)15-7-9-18(22)17(11-15)21(25)23-19-12-16(26-3)8-10-20(19)27-4/h5-12H,1-4H3,(H,23,25). The summed E-state index contributed by atoms with van der Waals surface area (Å²) in [5.74, 6) is 0.828. The van der Waals surface area contributed by atoms with Gasteiger partial charge in [-0.25, -0.2) is 0 Å². The van der Waals surface area contributed by atoms with Crippen molar-refractivity contribution in [1.29, 1.82) is 0 Å². The molecule has 0 saturated heterocycles. The van der Waals surface area contributed by atoms with E-state index in [-0.39, 0.29) is 5.91 Å². The van der Waals surface area contributed by atoms with E-state index >= 15 is 0 Å². The van der Waals surface area contributed by atoms with E-state index < -0.39 is 0 Å². The highest BCUT2D eigenvalue weighted by molar-refractivity contribution is 6.34. The molecule has 0 aliphatic heterocycles. The highest BCUT2D eigenvalue weighted by Gasteiger charge is 2.16. The van der Waals surface area contributed by atoms with Crippen LogP contribution in [0.2, 0.25) is 5.02 Å². The van der Waals surface area contributed by atoms with Gasteiger partial charge in [-0.1, -0.05) is 11.6 Å². The maximum Gasteiger partial charge on any atom is 0.257 e. The average Bonchev–Trinajstić information content (AvgIpc) is 3.00. The molecule has 1 N–H and O–H groups in total. The number of nitrogens with zero attached hydrogens (tertiary/aromatic N) is 1. The zero-order valence-corrected chi connectivity index (χ0v) is 16.4. The summed E-state index contributed by atoms with van der Waals surface area (Å²) >= 11 is 6.30. The van der Waals surface area contributed by atoms with Gasteiger partial charge in [-0.2, -0.15) is 0 Å². The Bertz CT molecular complexity index is 976. The van der Waals surface area contributed by atoms with E-state index in [9.17, 15) is 4.79 Å². The van der Waals surface area contributed by atoms with E-state index in [2.05, 4.69) is 9.88 Å². The lowest BCUT2D eigenvalue weighted by molar-refractivity contribution is 0.102. The highest BCUT2D eigenvalue weighted by atomic mass is 35.5. The molecule has 0 bridgehead atoms. The summed E-state index contributed by atoms with van der Waals surface area (Å²) in [6.45, 7) is 4.03. The summed E-state index contributed by atoms with van der Waals surface area (Å²) in [5.41, 5.74) is 3.93. The van der Waals surface area contributed by atoms with E-state index in [1.165, 1.54) is 0 Å². The van der Waals surface area contributed by atoms with Crippen molar-refractivity contribution in [3.63, 3.8) is 0 Å². The minimum Gasteiger partial charge on any atom is -0.497 e. The number of aryl methyl sites for hydroxylation is 2. The monoisotopic (exact) mass is 384 g/mol. The molecule has 27 heavy (non-hydrogen) atoms. The van der Waals surface area contributed by atoms with Crippen LogP contribution in [0.4, 0.5) is 5.69 Å². The minimum atomic E-state index is -0.323. The van der Waals surface area contributed by atoms with E-state index in [4.69, 9.17) is 21.1 Å². The maximum atomic E-state index is 12.9. The van der Waals surface area contributed by atoms with Crippen LogP contribution in [0.15, 0.2) is 48.5 Å². The van der Waals surface area contributed by atoms with Gasteiger partial charge in [0.25, 0.3) is 5.91 Å². The van der Waals surface area contributed by atoms with Crippen LogP contribution in [0.5, 0.6) is 11.5 Å². The number of carbonyl (C=O) groups excluding carboxylic acids is 1. The Morgan fingerprint density at radius 3 is 2.30 bits per heavy atom. The Balaban J connectivity index is 1.97. The fraction of sp³-hybridized carbons (Fsp3) is 0.190. The molecular weight excluding hydrogens is 364 g/mol. The molecule has 0 atom stereocenters. The predicted molar refractivity (Wildman–Crippen MR) is 108 cm³/mol. The van der Waals surface area contributed by atoms with Crippen LogP contribution in [-0.4, -0.2) is 24.7 Å². The van der Waals surface area contributed by atoms with E-state index in [1.807, 2.05) is 32.0 Å². The molecule has 3 aromatic rings. The number of hydrogen-bond acceptors (Lipinski definition) is 3. The Kier molecular flexibility index (Phi) is 5.42. The van der Waals surface area contributed by atoms with Gasteiger partial charge in [-0.3, -0.25) is 4.79 Å². The summed E-state index contributed by atoms with van der Waals surface area (Å²) in [5, 5.41) is 3.23. The third-order valence-electron chi connectivity index (χ3n) is 4.38. The van der Waals surface area contributed by atoms with Crippen molar-refractivity contribution < 1.29 is 14.3 Å². The van der Waals surface area contributed by atoms with E-state index in [1.54, 1.807) is 44.6 Å². The molecule has 0 unspecified atom stereocenters. The first-order chi connectivity index (χ1) is 12.9. The SMILES string of the molecule is COc1ccc(OC)c(NC(=O)c2cc(-n3c(C)ccc3C)ccc2Cl)c1. The number of aromatic nitrogens is 1. The molecule has 2 aromatic carbocycles. The number of nitrogens with one attached hydrogen (secondary N) is 1. The minimum absolute atomic E-state index is 0.323. The topological polar surface area (TPSA) is 52.5 Å². The summed E-state index contributed by atoms with van der Waals surface area (Å²) in [7, 11) is 3.11. The lowest BCUT2D eigenvalue weighted by Crippen LogP contribution is -2.14. The zero-order valence-electron chi connectivity index (χ0n) is 15.7. The number of hydrogen-bond donors (Lipinski definition) is 1. The van der Waals surface area contributed by atoms with Gasteiger partial charge in [-0.15, -0.1) is 0 Å². The lowest BCUT2D eigenvalue weighted by atomic mass is 10.1. The van der Waals surface area contributed by atoms with Crippen molar-refractivity contribution >= 4 is 23.2 Å². The fourth-order valence-electron chi connectivity index (χ4n) is 3.00.